The minimum Gasteiger partial charge on any atom is -0.493 e. The van der Waals surface area contributed by atoms with Crippen LogP contribution in [0.3, 0.4) is 0 Å². The molecule has 2 aromatic carbocycles. The molecule has 0 aliphatic rings. The highest BCUT2D eigenvalue weighted by molar-refractivity contribution is 7.89. The Kier molecular flexibility index (Phi) is 7.64. The summed E-state index contributed by atoms with van der Waals surface area (Å²) in [5.74, 6) is 0.728. The van der Waals surface area contributed by atoms with Crippen LogP contribution in [0.1, 0.15) is 29.3 Å². The monoisotopic (exact) mass is 420 g/mol. The Morgan fingerprint density at radius 1 is 0.966 bits per heavy atom. The van der Waals surface area contributed by atoms with Gasteiger partial charge in [-0.25, -0.2) is 8.42 Å². The molecule has 0 radical (unpaired) electrons. The fraction of sp³-hybridized carbons (Fsp3) is 0.381. The van der Waals surface area contributed by atoms with Crippen LogP contribution in [-0.4, -0.2) is 58.4 Å². The second-order valence-electron chi connectivity index (χ2n) is 6.75. The molecule has 0 aromatic heterocycles. The van der Waals surface area contributed by atoms with Gasteiger partial charge in [-0.2, -0.15) is 4.31 Å². The van der Waals surface area contributed by atoms with E-state index >= 15 is 0 Å². The lowest BCUT2D eigenvalue weighted by atomic mass is 10.1. The van der Waals surface area contributed by atoms with Crippen molar-refractivity contribution >= 4 is 15.9 Å². The van der Waals surface area contributed by atoms with Gasteiger partial charge in [0.25, 0.3) is 5.91 Å². The van der Waals surface area contributed by atoms with Crippen molar-refractivity contribution in [1.29, 1.82) is 0 Å². The molecule has 1 amide bonds. The number of hydrogen-bond acceptors (Lipinski definition) is 5. The smallest absolute Gasteiger partial charge is 0.253 e. The summed E-state index contributed by atoms with van der Waals surface area (Å²) in [5, 5.41) is 0. The number of nitrogens with zero attached hydrogens (tertiary/aromatic N) is 2. The highest BCUT2D eigenvalue weighted by Crippen LogP contribution is 2.31. The molecule has 158 valence electrons. The van der Waals surface area contributed by atoms with E-state index in [1.165, 1.54) is 35.6 Å². The number of hydrogen-bond donors (Lipinski definition) is 0. The van der Waals surface area contributed by atoms with E-state index < -0.39 is 10.0 Å². The zero-order valence-corrected chi connectivity index (χ0v) is 18.3. The van der Waals surface area contributed by atoms with Crippen LogP contribution in [-0.2, 0) is 16.6 Å². The average Bonchev–Trinajstić information content (AvgIpc) is 2.72. The minimum absolute atomic E-state index is 0.0973. The number of rotatable bonds is 9. The number of ether oxygens (including phenoxy) is 2. The fourth-order valence-electron chi connectivity index (χ4n) is 2.87. The van der Waals surface area contributed by atoms with E-state index in [0.29, 0.717) is 30.0 Å². The van der Waals surface area contributed by atoms with E-state index in [4.69, 9.17) is 9.47 Å². The number of carbonyl (C=O) groups excluding carboxylic acids is 1. The predicted molar refractivity (Wildman–Crippen MR) is 112 cm³/mol. The Morgan fingerprint density at radius 3 is 2.10 bits per heavy atom. The minimum atomic E-state index is -3.74. The van der Waals surface area contributed by atoms with E-state index in [1.54, 1.807) is 44.4 Å². The highest BCUT2D eigenvalue weighted by atomic mass is 32.2. The lowest BCUT2D eigenvalue weighted by molar-refractivity contribution is 0.0827. The first-order chi connectivity index (χ1) is 13.7. The third-order valence-electron chi connectivity index (χ3n) is 4.43. The van der Waals surface area contributed by atoms with Crippen LogP contribution in [0.4, 0.5) is 0 Å². The second kappa shape index (κ2) is 9.76. The number of carbonyl (C=O) groups is 1. The summed E-state index contributed by atoms with van der Waals surface area (Å²) in [7, 11) is 2.61. The molecule has 0 heterocycles. The quantitative estimate of drug-likeness (QED) is 0.623. The van der Waals surface area contributed by atoms with Gasteiger partial charge in [0.05, 0.1) is 19.1 Å². The van der Waals surface area contributed by atoms with Gasteiger partial charge in [-0.3, -0.25) is 4.79 Å². The molecular weight excluding hydrogens is 392 g/mol. The summed E-state index contributed by atoms with van der Waals surface area (Å²) in [6.07, 6.45) is 0.670. The van der Waals surface area contributed by atoms with Gasteiger partial charge in [-0.15, -0.1) is 0 Å². The predicted octanol–water partition coefficient (Wildman–Crippen LogP) is 3.01. The van der Waals surface area contributed by atoms with Crippen LogP contribution in [0.25, 0.3) is 0 Å². The van der Waals surface area contributed by atoms with E-state index in [0.717, 1.165) is 5.56 Å². The molecule has 2 aromatic rings. The van der Waals surface area contributed by atoms with Gasteiger partial charge in [0.1, 0.15) is 0 Å². The topological polar surface area (TPSA) is 76.2 Å². The normalized spacial score (nSPS) is 11.4. The van der Waals surface area contributed by atoms with Crippen molar-refractivity contribution in [3.8, 4) is 11.5 Å². The van der Waals surface area contributed by atoms with Crippen LogP contribution >= 0.6 is 0 Å². The lowest BCUT2D eigenvalue weighted by Gasteiger charge is -2.22. The molecule has 0 N–H and O–H groups in total. The zero-order valence-electron chi connectivity index (χ0n) is 17.5. The van der Waals surface area contributed by atoms with E-state index in [-0.39, 0.29) is 17.3 Å². The summed E-state index contributed by atoms with van der Waals surface area (Å²) in [6.45, 7) is 2.51. The largest absolute Gasteiger partial charge is 0.493 e. The highest BCUT2D eigenvalue weighted by Gasteiger charge is 2.25. The molecule has 7 nitrogen and oxygen atoms in total. The van der Waals surface area contributed by atoms with Crippen molar-refractivity contribution < 1.29 is 22.7 Å². The molecule has 8 heteroatoms. The van der Waals surface area contributed by atoms with Gasteiger partial charge in [0.2, 0.25) is 10.0 Å². The maximum atomic E-state index is 13.2. The van der Waals surface area contributed by atoms with Crippen molar-refractivity contribution in [2.45, 2.75) is 24.8 Å². The van der Waals surface area contributed by atoms with Gasteiger partial charge in [0.15, 0.2) is 11.5 Å². The van der Waals surface area contributed by atoms with Crippen molar-refractivity contribution in [1.82, 2.24) is 9.21 Å². The SMILES string of the molecule is CCCN(Cc1ccc(C(=O)N(C)C)cc1)S(=O)(=O)c1ccc(OC)c(OC)c1. The Balaban J connectivity index is 2.31. The van der Waals surface area contributed by atoms with Crippen molar-refractivity contribution in [2.75, 3.05) is 34.9 Å². The van der Waals surface area contributed by atoms with E-state index in [2.05, 4.69) is 0 Å². The van der Waals surface area contributed by atoms with Crippen LogP contribution in [0.5, 0.6) is 11.5 Å². The van der Waals surface area contributed by atoms with Crippen LogP contribution < -0.4 is 9.47 Å². The average molecular weight is 421 g/mol. The number of methoxy groups -OCH3 is 2. The van der Waals surface area contributed by atoms with Gasteiger partial charge in [-0.05, 0) is 36.2 Å². The first kappa shape index (κ1) is 22.7. The van der Waals surface area contributed by atoms with E-state index in [1.807, 2.05) is 6.92 Å². The van der Waals surface area contributed by atoms with E-state index in [9.17, 15) is 13.2 Å². The van der Waals surface area contributed by atoms with Gasteiger partial charge >= 0.3 is 0 Å². The molecule has 0 unspecified atom stereocenters. The molecule has 0 bridgehead atoms. The van der Waals surface area contributed by atoms with Gasteiger partial charge < -0.3 is 14.4 Å². The van der Waals surface area contributed by atoms with Crippen LogP contribution in [0, 0.1) is 0 Å². The van der Waals surface area contributed by atoms with Crippen LogP contribution in [0.15, 0.2) is 47.4 Å². The Labute approximate surface area is 172 Å². The molecule has 0 aliphatic heterocycles. The molecule has 29 heavy (non-hydrogen) atoms. The third-order valence-corrected chi connectivity index (χ3v) is 6.27. The summed E-state index contributed by atoms with van der Waals surface area (Å²) in [4.78, 5) is 13.7. The van der Waals surface area contributed by atoms with Crippen LogP contribution in [0.2, 0.25) is 0 Å². The number of benzene rings is 2. The Bertz CT molecular complexity index is 940. The second-order valence-corrected chi connectivity index (χ2v) is 8.69. The number of sulfonamides is 1. The molecule has 2 rings (SSSR count). The zero-order chi connectivity index (χ0) is 21.6. The molecule has 0 atom stereocenters. The summed E-state index contributed by atoms with van der Waals surface area (Å²) >= 11 is 0. The number of amides is 1. The lowest BCUT2D eigenvalue weighted by Crippen LogP contribution is -2.31. The van der Waals surface area contributed by atoms with Gasteiger partial charge in [-0.1, -0.05) is 19.1 Å². The first-order valence-corrected chi connectivity index (χ1v) is 10.7. The van der Waals surface area contributed by atoms with Crippen molar-refractivity contribution in [2.24, 2.45) is 0 Å². The summed E-state index contributed by atoms with van der Waals surface area (Å²) < 4.78 is 38.3. The van der Waals surface area contributed by atoms with Crippen molar-refractivity contribution in [3.05, 3.63) is 53.6 Å². The van der Waals surface area contributed by atoms with Crippen molar-refractivity contribution in [3.63, 3.8) is 0 Å². The molecular formula is C21H28N2O5S. The standard InChI is InChI=1S/C21H28N2O5S/c1-6-13-23(15-16-7-9-17(10-8-16)21(24)22(2)3)29(25,26)18-11-12-19(27-4)20(14-18)28-5/h7-12,14H,6,13,15H2,1-5H3. The maximum absolute atomic E-state index is 13.2. The Morgan fingerprint density at radius 2 is 1.59 bits per heavy atom. The first-order valence-electron chi connectivity index (χ1n) is 9.27. The summed E-state index contributed by atoms with van der Waals surface area (Å²) in [5.41, 5.74) is 1.36. The molecule has 0 saturated carbocycles. The van der Waals surface area contributed by atoms with Gasteiger partial charge in [0, 0.05) is 38.8 Å². The summed E-state index contributed by atoms with van der Waals surface area (Å²) in [6, 6.07) is 11.5. The fourth-order valence-corrected chi connectivity index (χ4v) is 4.41. The molecule has 0 saturated heterocycles. The molecule has 0 spiro atoms. The Hall–Kier alpha value is -2.58. The molecule has 0 aliphatic carbocycles. The third kappa shape index (κ3) is 5.27. The maximum Gasteiger partial charge on any atom is 0.253 e. The molecule has 0 fully saturated rings.